The molecule has 0 radical (unpaired) electrons. The largest absolute Gasteiger partial charge is 0.388 e. The molecule has 0 amide bonds. The van der Waals surface area contributed by atoms with Crippen molar-refractivity contribution in [2.45, 2.75) is 18.2 Å². The molecule has 0 bridgehead atoms. The van der Waals surface area contributed by atoms with Crippen LogP contribution in [0, 0.1) is 0 Å². The van der Waals surface area contributed by atoms with E-state index in [9.17, 15) is 10.2 Å². The van der Waals surface area contributed by atoms with Gasteiger partial charge < -0.3 is 14.8 Å². The molecular weight excluding hydrogens is 266 g/mol. The lowest BCUT2D eigenvalue weighted by atomic mass is 10.2. The van der Waals surface area contributed by atoms with Crippen LogP contribution in [-0.2, 0) is 0 Å². The third-order valence-corrected chi connectivity index (χ3v) is 3.49. The van der Waals surface area contributed by atoms with E-state index < -0.39 is 12.2 Å². The predicted molar refractivity (Wildman–Crippen MR) is 70.7 cm³/mol. The Morgan fingerprint density at radius 2 is 2.05 bits per heavy atom. The second-order valence-corrected chi connectivity index (χ2v) is 4.76. The first-order valence-corrected chi connectivity index (χ1v) is 6.23. The summed E-state index contributed by atoms with van der Waals surface area (Å²) in [6, 6.07) is 3.30. The van der Waals surface area contributed by atoms with Crippen LogP contribution >= 0.6 is 11.6 Å². The van der Waals surface area contributed by atoms with Gasteiger partial charge in [-0.25, -0.2) is 9.97 Å². The lowest BCUT2D eigenvalue weighted by Gasteiger charge is -2.17. The van der Waals surface area contributed by atoms with E-state index >= 15 is 0 Å². The molecule has 3 rings (SSSR count). The number of rotatable bonds is 2. The summed E-state index contributed by atoms with van der Waals surface area (Å²) < 4.78 is 1.75. The van der Waals surface area contributed by atoms with Gasteiger partial charge >= 0.3 is 0 Å². The maximum Gasteiger partial charge on any atom is 0.138 e. The average molecular weight is 278 g/mol. The van der Waals surface area contributed by atoms with E-state index in [0.29, 0.717) is 10.8 Å². The van der Waals surface area contributed by atoms with E-state index in [4.69, 9.17) is 11.6 Å². The molecule has 0 fully saturated rings. The number of imidazole rings is 1. The zero-order chi connectivity index (χ0) is 13.4. The molecular formula is C13H12ClN3O2. The lowest BCUT2D eigenvalue weighted by Crippen LogP contribution is -2.27. The highest BCUT2D eigenvalue weighted by atomic mass is 35.5. The minimum atomic E-state index is -0.855. The molecule has 6 heteroatoms. The third kappa shape index (κ3) is 2.16. The number of aromatic nitrogens is 3. The Labute approximate surface area is 114 Å². The zero-order valence-electron chi connectivity index (χ0n) is 9.89. The smallest absolute Gasteiger partial charge is 0.138 e. The molecule has 1 aliphatic rings. The van der Waals surface area contributed by atoms with Crippen molar-refractivity contribution in [2.24, 2.45) is 0 Å². The van der Waals surface area contributed by atoms with Gasteiger partial charge in [-0.1, -0.05) is 23.8 Å². The summed E-state index contributed by atoms with van der Waals surface area (Å²) in [5.41, 5.74) is 1.42. The number of pyridine rings is 1. The van der Waals surface area contributed by atoms with Crippen LogP contribution in [0.1, 0.15) is 6.04 Å². The summed E-state index contributed by atoms with van der Waals surface area (Å²) >= 11 is 6.02. The summed E-state index contributed by atoms with van der Waals surface area (Å²) in [6.45, 7) is 0. The summed E-state index contributed by atoms with van der Waals surface area (Å²) in [5, 5.41) is 19.7. The Bertz CT molecular complexity index is 626. The van der Waals surface area contributed by atoms with Crippen molar-refractivity contribution in [2.75, 3.05) is 0 Å². The van der Waals surface area contributed by atoms with Crippen molar-refractivity contribution in [3.05, 3.63) is 48.2 Å². The molecule has 1 aliphatic carbocycles. The van der Waals surface area contributed by atoms with Crippen LogP contribution in [0.4, 0.5) is 0 Å². The van der Waals surface area contributed by atoms with Gasteiger partial charge in [-0.2, -0.15) is 0 Å². The molecule has 0 aliphatic heterocycles. The fourth-order valence-electron chi connectivity index (χ4n) is 2.15. The number of aliphatic hydroxyl groups is 2. The Hall–Kier alpha value is -1.69. The molecule has 2 aromatic heterocycles. The highest BCUT2D eigenvalue weighted by molar-refractivity contribution is 6.31. The van der Waals surface area contributed by atoms with Crippen LogP contribution in [0.5, 0.6) is 0 Å². The standard InChI is InChI=1S/C13H12ClN3O2/c14-13-8(2-1-5-15-13)9-6-17(7-16-9)10-3-4-11(18)12(10)19/h1-7,10-12,18-19H/t10?,11-,12+/m1/s1. The average Bonchev–Trinajstić information content (AvgIpc) is 2.99. The minimum absolute atomic E-state index is 0.313. The molecule has 1 unspecified atom stereocenters. The monoisotopic (exact) mass is 277 g/mol. The molecule has 0 saturated carbocycles. The van der Waals surface area contributed by atoms with Crippen molar-refractivity contribution < 1.29 is 10.2 Å². The Kier molecular flexibility index (Phi) is 3.10. The molecule has 0 saturated heterocycles. The Balaban J connectivity index is 1.93. The number of halogens is 1. The SMILES string of the molecule is O[C@@H]1C=CC(n2cnc(-c3cccnc3Cl)c2)[C@@H]1O. The van der Waals surface area contributed by atoms with Gasteiger partial charge in [-0.05, 0) is 12.1 Å². The van der Waals surface area contributed by atoms with E-state index in [2.05, 4.69) is 9.97 Å². The van der Waals surface area contributed by atoms with Crippen LogP contribution in [0.15, 0.2) is 43.0 Å². The molecule has 5 nitrogen and oxygen atoms in total. The molecule has 0 spiro atoms. The third-order valence-electron chi connectivity index (χ3n) is 3.19. The van der Waals surface area contributed by atoms with Crippen molar-refractivity contribution in [3.8, 4) is 11.3 Å². The first-order valence-electron chi connectivity index (χ1n) is 5.85. The van der Waals surface area contributed by atoms with Gasteiger partial charge in [-0.3, -0.25) is 0 Å². The van der Waals surface area contributed by atoms with E-state index in [1.165, 1.54) is 0 Å². The van der Waals surface area contributed by atoms with Crippen molar-refractivity contribution in [1.82, 2.24) is 14.5 Å². The number of hydrogen-bond donors (Lipinski definition) is 2. The van der Waals surface area contributed by atoms with Gasteiger partial charge in [-0.15, -0.1) is 0 Å². The maximum absolute atomic E-state index is 9.85. The normalized spacial score (nSPS) is 25.9. The quantitative estimate of drug-likeness (QED) is 0.643. The maximum atomic E-state index is 9.85. The lowest BCUT2D eigenvalue weighted by molar-refractivity contribution is 0.0368. The van der Waals surface area contributed by atoms with Gasteiger partial charge in [0, 0.05) is 18.0 Å². The van der Waals surface area contributed by atoms with Gasteiger partial charge in [0.05, 0.1) is 18.1 Å². The van der Waals surface area contributed by atoms with Crippen LogP contribution in [0.25, 0.3) is 11.3 Å². The van der Waals surface area contributed by atoms with Crippen LogP contribution in [0.2, 0.25) is 5.15 Å². The second-order valence-electron chi connectivity index (χ2n) is 4.40. The Morgan fingerprint density at radius 1 is 1.21 bits per heavy atom. The Morgan fingerprint density at radius 3 is 2.74 bits per heavy atom. The van der Waals surface area contributed by atoms with Gasteiger partial charge in [0.1, 0.15) is 17.4 Å². The highest BCUT2D eigenvalue weighted by Gasteiger charge is 2.29. The topological polar surface area (TPSA) is 71.2 Å². The number of nitrogens with zero attached hydrogens (tertiary/aromatic N) is 3. The first-order chi connectivity index (χ1) is 9.16. The van der Waals surface area contributed by atoms with Gasteiger partial charge in [0.15, 0.2) is 0 Å². The summed E-state index contributed by atoms with van der Waals surface area (Å²) in [5.74, 6) is 0. The molecule has 19 heavy (non-hydrogen) atoms. The highest BCUT2D eigenvalue weighted by Crippen LogP contribution is 2.28. The molecule has 2 N–H and O–H groups in total. The minimum Gasteiger partial charge on any atom is -0.388 e. The predicted octanol–water partition coefficient (Wildman–Crippen LogP) is 1.43. The van der Waals surface area contributed by atoms with Gasteiger partial charge in [0.2, 0.25) is 0 Å². The summed E-state index contributed by atoms with van der Waals surface area (Å²) in [7, 11) is 0. The van der Waals surface area contributed by atoms with E-state index in [0.717, 1.165) is 5.56 Å². The fraction of sp³-hybridized carbons (Fsp3) is 0.231. The molecule has 3 atom stereocenters. The molecule has 2 heterocycles. The van der Waals surface area contributed by atoms with E-state index in [1.807, 2.05) is 6.07 Å². The van der Waals surface area contributed by atoms with Crippen molar-refractivity contribution in [1.29, 1.82) is 0 Å². The van der Waals surface area contributed by atoms with Crippen molar-refractivity contribution in [3.63, 3.8) is 0 Å². The fourth-order valence-corrected chi connectivity index (χ4v) is 2.37. The van der Waals surface area contributed by atoms with Crippen LogP contribution in [-0.4, -0.2) is 37.0 Å². The number of hydrogen-bond acceptors (Lipinski definition) is 4. The van der Waals surface area contributed by atoms with Crippen LogP contribution in [0.3, 0.4) is 0 Å². The first kappa shape index (κ1) is 12.3. The number of aliphatic hydroxyl groups excluding tert-OH is 2. The zero-order valence-corrected chi connectivity index (χ0v) is 10.6. The summed E-state index contributed by atoms with van der Waals surface area (Å²) in [4.78, 5) is 8.27. The van der Waals surface area contributed by atoms with E-state index in [-0.39, 0.29) is 6.04 Å². The van der Waals surface area contributed by atoms with Crippen molar-refractivity contribution >= 4 is 11.6 Å². The summed E-state index contributed by atoms with van der Waals surface area (Å²) in [6.07, 6.45) is 6.64. The van der Waals surface area contributed by atoms with Gasteiger partial charge in [0.25, 0.3) is 0 Å². The van der Waals surface area contributed by atoms with Crippen LogP contribution < -0.4 is 0 Å². The molecule has 98 valence electrons. The molecule has 2 aromatic rings. The van der Waals surface area contributed by atoms with E-state index in [1.54, 1.807) is 41.5 Å². The molecule has 0 aromatic carbocycles. The second kappa shape index (κ2) is 4.77.